The summed E-state index contributed by atoms with van der Waals surface area (Å²) in [6, 6.07) is 0. The van der Waals surface area contributed by atoms with Crippen LogP contribution in [0.5, 0.6) is 0 Å². The van der Waals surface area contributed by atoms with Crippen molar-refractivity contribution in [2.45, 2.75) is 44.1 Å². The van der Waals surface area contributed by atoms with Crippen LogP contribution in [0.4, 0.5) is 0 Å². The van der Waals surface area contributed by atoms with Crippen LogP contribution in [0.2, 0.25) is 0 Å². The summed E-state index contributed by atoms with van der Waals surface area (Å²) in [4.78, 5) is 11.1. The van der Waals surface area contributed by atoms with Gasteiger partial charge in [-0.15, -0.1) is 6.42 Å². The van der Waals surface area contributed by atoms with E-state index < -0.39 is 5.60 Å². The molecule has 0 unspecified atom stereocenters. The summed E-state index contributed by atoms with van der Waals surface area (Å²) >= 11 is 0. The van der Waals surface area contributed by atoms with Gasteiger partial charge in [0.05, 0.1) is 12.0 Å². The predicted octanol–water partition coefficient (Wildman–Crippen LogP) is 0.821. The number of carbonyl (C=O) groups excluding carboxylic acids is 1. The predicted molar refractivity (Wildman–Crippen MR) is 54.5 cm³/mol. The lowest BCUT2D eigenvalue weighted by molar-refractivity contribution is -0.121. The van der Waals surface area contributed by atoms with Crippen molar-refractivity contribution in [3.05, 3.63) is 0 Å². The topological polar surface area (TPSA) is 49.3 Å². The molecule has 2 N–H and O–H groups in total. The highest BCUT2D eigenvalue weighted by molar-refractivity contribution is 5.78. The van der Waals surface area contributed by atoms with Crippen LogP contribution in [0.15, 0.2) is 0 Å². The summed E-state index contributed by atoms with van der Waals surface area (Å²) in [7, 11) is 0. The number of amides is 1. The number of aliphatic hydroxyl groups is 1. The minimum absolute atomic E-state index is 0.0933. The Balaban J connectivity index is 2.28. The van der Waals surface area contributed by atoms with Crippen LogP contribution in [0.1, 0.15) is 38.5 Å². The first-order valence-corrected chi connectivity index (χ1v) is 5.09. The van der Waals surface area contributed by atoms with Crippen molar-refractivity contribution in [1.82, 2.24) is 5.32 Å². The first kappa shape index (κ1) is 11.1. The molecule has 1 fully saturated rings. The van der Waals surface area contributed by atoms with Crippen molar-refractivity contribution in [1.29, 1.82) is 0 Å². The number of nitrogens with one attached hydrogen (secondary N) is 1. The van der Waals surface area contributed by atoms with Gasteiger partial charge in [0.2, 0.25) is 5.91 Å². The summed E-state index contributed by atoms with van der Waals surface area (Å²) in [6.07, 6.45) is 9.92. The van der Waals surface area contributed by atoms with Gasteiger partial charge < -0.3 is 10.4 Å². The highest BCUT2D eigenvalue weighted by Gasteiger charge is 2.29. The van der Waals surface area contributed by atoms with Crippen LogP contribution in [0.3, 0.4) is 0 Å². The molecule has 0 aromatic carbocycles. The quantitative estimate of drug-likeness (QED) is 0.655. The maximum atomic E-state index is 11.1. The first-order valence-electron chi connectivity index (χ1n) is 5.09. The second-order valence-electron chi connectivity index (χ2n) is 3.94. The molecule has 1 aliphatic carbocycles. The molecule has 0 bridgehead atoms. The van der Waals surface area contributed by atoms with Gasteiger partial charge in [0.1, 0.15) is 0 Å². The zero-order chi connectivity index (χ0) is 10.4. The molecule has 0 aromatic heterocycles. The highest BCUT2D eigenvalue weighted by Crippen LogP contribution is 2.27. The van der Waals surface area contributed by atoms with Crippen molar-refractivity contribution in [2.75, 3.05) is 6.54 Å². The molecule has 1 aliphatic rings. The lowest BCUT2D eigenvalue weighted by atomic mass is 9.85. The van der Waals surface area contributed by atoms with Crippen LogP contribution in [-0.4, -0.2) is 23.2 Å². The number of hydrogen-bond acceptors (Lipinski definition) is 2. The maximum absolute atomic E-state index is 11.1. The number of carbonyl (C=O) groups is 1. The molecule has 78 valence electrons. The van der Waals surface area contributed by atoms with Crippen molar-refractivity contribution >= 4 is 5.91 Å². The molecule has 0 spiro atoms. The van der Waals surface area contributed by atoms with Crippen LogP contribution < -0.4 is 5.32 Å². The molecule has 3 nitrogen and oxygen atoms in total. The highest BCUT2D eigenvalue weighted by atomic mass is 16.3. The summed E-state index contributed by atoms with van der Waals surface area (Å²) in [5, 5.41) is 12.7. The molecule has 3 heteroatoms. The molecule has 0 heterocycles. The van der Waals surface area contributed by atoms with E-state index in [1.165, 1.54) is 6.42 Å². The molecule has 0 radical (unpaired) electrons. The van der Waals surface area contributed by atoms with E-state index in [1.54, 1.807) is 0 Å². The number of hydrogen-bond donors (Lipinski definition) is 2. The van der Waals surface area contributed by atoms with Crippen molar-refractivity contribution < 1.29 is 9.90 Å². The summed E-state index contributed by atoms with van der Waals surface area (Å²) < 4.78 is 0. The van der Waals surface area contributed by atoms with Gasteiger partial charge in [0, 0.05) is 6.54 Å². The fourth-order valence-electron chi connectivity index (χ4n) is 1.80. The Hall–Kier alpha value is -1.01. The van der Waals surface area contributed by atoms with Gasteiger partial charge in [-0.05, 0) is 12.8 Å². The zero-order valence-electron chi connectivity index (χ0n) is 8.38. The van der Waals surface area contributed by atoms with Gasteiger partial charge >= 0.3 is 0 Å². The molecular weight excluding hydrogens is 178 g/mol. The summed E-state index contributed by atoms with van der Waals surface area (Å²) in [6.45, 7) is 0.341. The van der Waals surface area contributed by atoms with Gasteiger partial charge in [-0.2, -0.15) is 0 Å². The average Bonchev–Trinajstić information content (AvgIpc) is 2.17. The molecule has 0 aliphatic heterocycles. The van der Waals surface area contributed by atoms with Gasteiger partial charge in [0.25, 0.3) is 0 Å². The van der Waals surface area contributed by atoms with Crippen LogP contribution in [0, 0.1) is 12.3 Å². The Morgan fingerprint density at radius 2 is 2.07 bits per heavy atom. The van der Waals surface area contributed by atoms with E-state index in [9.17, 15) is 9.90 Å². The lowest BCUT2D eigenvalue weighted by Gasteiger charge is -2.31. The largest absolute Gasteiger partial charge is 0.388 e. The van der Waals surface area contributed by atoms with Crippen molar-refractivity contribution in [3.8, 4) is 12.3 Å². The first-order chi connectivity index (χ1) is 6.66. The van der Waals surface area contributed by atoms with Crippen molar-refractivity contribution in [2.24, 2.45) is 0 Å². The third-order valence-electron chi connectivity index (χ3n) is 2.66. The Kier molecular flexibility index (Phi) is 3.97. The average molecular weight is 195 g/mol. The summed E-state index contributed by atoms with van der Waals surface area (Å²) in [5.41, 5.74) is -0.692. The zero-order valence-corrected chi connectivity index (χ0v) is 8.38. The Bertz CT molecular complexity index is 236. The number of rotatable bonds is 3. The molecule has 1 rings (SSSR count). The third kappa shape index (κ3) is 3.39. The van der Waals surface area contributed by atoms with Gasteiger partial charge in [-0.3, -0.25) is 4.79 Å². The van der Waals surface area contributed by atoms with Crippen molar-refractivity contribution in [3.63, 3.8) is 0 Å². The molecule has 0 saturated heterocycles. The van der Waals surface area contributed by atoms with Gasteiger partial charge in [0.15, 0.2) is 0 Å². The Morgan fingerprint density at radius 3 is 2.64 bits per heavy atom. The van der Waals surface area contributed by atoms with Crippen LogP contribution >= 0.6 is 0 Å². The van der Waals surface area contributed by atoms with E-state index >= 15 is 0 Å². The van der Waals surface area contributed by atoms with Crippen LogP contribution in [-0.2, 0) is 4.79 Å². The molecule has 1 saturated carbocycles. The molecule has 14 heavy (non-hydrogen) atoms. The van der Waals surface area contributed by atoms with E-state index in [1.807, 2.05) is 0 Å². The van der Waals surface area contributed by atoms with E-state index in [4.69, 9.17) is 6.42 Å². The Labute approximate surface area is 84.9 Å². The Morgan fingerprint density at radius 1 is 1.43 bits per heavy atom. The molecule has 0 atom stereocenters. The van der Waals surface area contributed by atoms with E-state index in [-0.39, 0.29) is 12.3 Å². The van der Waals surface area contributed by atoms with E-state index in [0.29, 0.717) is 6.54 Å². The smallest absolute Gasteiger partial charge is 0.232 e. The minimum Gasteiger partial charge on any atom is -0.388 e. The fraction of sp³-hybridized carbons (Fsp3) is 0.727. The van der Waals surface area contributed by atoms with Gasteiger partial charge in [-0.1, -0.05) is 25.2 Å². The second-order valence-corrected chi connectivity index (χ2v) is 3.94. The fourth-order valence-corrected chi connectivity index (χ4v) is 1.80. The summed E-state index contributed by atoms with van der Waals surface area (Å²) in [5.74, 6) is 2.10. The van der Waals surface area contributed by atoms with Gasteiger partial charge in [-0.25, -0.2) is 0 Å². The van der Waals surface area contributed by atoms with Crippen LogP contribution in [0.25, 0.3) is 0 Å². The molecule has 1 amide bonds. The minimum atomic E-state index is -0.692. The second kappa shape index (κ2) is 5.02. The normalized spacial score (nSPS) is 19.7. The lowest BCUT2D eigenvalue weighted by Crippen LogP contribution is -2.44. The molecular formula is C11H17NO2. The maximum Gasteiger partial charge on any atom is 0.232 e. The van der Waals surface area contributed by atoms with E-state index in [2.05, 4.69) is 11.2 Å². The molecule has 0 aromatic rings. The van der Waals surface area contributed by atoms with E-state index in [0.717, 1.165) is 25.7 Å². The SMILES string of the molecule is C#CCC(=O)NCC1(O)CCCCC1. The monoisotopic (exact) mass is 195 g/mol. The standard InChI is InChI=1S/C11H17NO2/c1-2-6-10(13)12-9-11(14)7-4-3-5-8-11/h1,14H,3-9H2,(H,12,13). The number of terminal acetylenes is 1. The third-order valence-corrected chi connectivity index (χ3v) is 2.66.